The maximum absolute atomic E-state index is 12.3. The predicted octanol–water partition coefficient (Wildman–Crippen LogP) is 10.0. The van der Waals surface area contributed by atoms with Gasteiger partial charge in [0.1, 0.15) is 17.1 Å². The first-order valence-electron chi connectivity index (χ1n) is 15.0. The number of benzene rings is 1. The van der Waals surface area contributed by atoms with Crippen molar-refractivity contribution >= 4 is 5.97 Å². The number of carbonyl (C=O) groups excluding carboxylic acids is 1. The SMILES string of the molecule is CC(C)=CC(=O)Oc1c(C)c(C)c2c(c1C)CCC(C)(CCCC(C)CCCC(C)CCCC(C)C)O2. The summed E-state index contributed by atoms with van der Waals surface area (Å²) in [5.74, 6) is 3.90. The lowest BCUT2D eigenvalue weighted by molar-refractivity contribution is -0.129. The van der Waals surface area contributed by atoms with Crippen LogP contribution in [0.1, 0.15) is 135 Å². The zero-order valence-corrected chi connectivity index (χ0v) is 25.8. The summed E-state index contributed by atoms with van der Waals surface area (Å²) in [4.78, 5) is 12.3. The Hall–Kier alpha value is -1.77. The zero-order chi connectivity index (χ0) is 27.8. The van der Waals surface area contributed by atoms with Gasteiger partial charge in [-0.25, -0.2) is 4.79 Å². The molecule has 0 radical (unpaired) electrons. The number of hydrogen-bond acceptors (Lipinski definition) is 3. The predicted molar refractivity (Wildman–Crippen MR) is 158 cm³/mol. The Bertz CT molecular complexity index is 922. The van der Waals surface area contributed by atoms with Crippen LogP contribution in [-0.2, 0) is 11.2 Å². The van der Waals surface area contributed by atoms with Crippen LogP contribution >= 0.6 is 0 Å². The Morgan fingerprint density at radius 3 is 2.03 bits per heavy atom. The average molecular weight is 513 g/mol. The molecule has 3 atom stereocenters. The summed E-state index contributed by atoms with van der Waals surface area (Å²) in [5.41, 5.74) is 5.17. The molecular formula is C34H56O3. The van der Waals surface area contributed by atoms with Crippen molar-refractivity contribution in [2.75, 3.05) is 0 Å². The molecule has 2 rings (SSSR count). The number of esters is 1. The van der Waals surface area contributed by atoms with Gasteiger partial charge in [-0.05, 0) is 102 Å². The molecule has 1 aromatic rings. The molecular weight excluding hydrogens is 456 g/mol. The number of allylic oxidation sites excluding steroid dienone is 1. The summed E-state index contributed by atoms with van der Waals surface area (Å²) in [5, 5.41) is 0. The van der Waals surface area contributed by atoms with Crippen LogP contribution < -0.4 is 9.47 Å². The minimum absolute atomic E-state index is 0.123. The number of hydrogen-bond donors (Lipinski definition) is 0. The van der Waals surface area contributed by atoms with Crippen LogP contribution in [0.5, 0.6) is 11.5 Å². The largest absolute Gasteiger partial charge is 0.487 e. The van der Waals surface area contributed by atoms with Crippen LogP contribution in [0, 0.1) is 38.5 Å². The third-order valence-corrected chi connectivity index (χ3v) is 8.45. The van der Waals surface area contributed by atoms with Crippen molar-refractivity contribution in [2.24, 2.45) is 17.8 Å². The molecule has 0 fully saturated rings. The van der Waals surface area contributed by atoms with E-state index in [-0.39, 0.29) is 11.6 Å². The molecule has 0 saturated heterocycles. The molecule has 1 aliphatic heterocycles. The van der Waals surface area contributed by atoms with Crippen molar-refractivity contribution in [3.05, 3.63) is 33.9 Å². The summed E-state index contributed by atoms with van der Waals surface area (Å²) < 4.78 is 12.5. The molecule has 1 aliphatic rings. The third kappa shape index (κ3) is 9.80. The van der Waals surface area contributed by atoms with Crippen molar-refractivity contribution in [2.45, 2.75) is 145 Å². The highest BCUT2D eigenvalue weighted by Gasteiger charge is 2.34. The van der Waals surface area contributed by atoms with Crippen LogP contribution in [0.25, 0.3) is 0 Å². The highest BCUT2D eigenvalue weighted by Crippen LogP contribution is 2.45. The molecule has 0 N–H and O–H groups in total. The van der Waals surface area contributed by atoms with Crippen LogP contribution in [0.3, 0.4) is 0 Å². The summed E-state index contributed by atoms with van der Waals surface area (Å²) in [7, 11) is 0. The molecule has 0 aliphatic carbocycles. The molecule has 1 aromatic carbocycles. The Kier molecular flexibility index (Phi) is 12.2. The molecule has 210 valence electrons. The lowest BCUT2D eigenvalue weighted by atomic mass is 9.83. The first kappa shape index (κ1) is 31.4. The third-order valence-electron chi connectivity index (χ3n) is 8.45. The standard InChI is InChI=1S/C34H56O3/c1-23(2)14-11-15-25(5)16-12-17-26(6)18-13-20-34(10)21-19-30-29(9)32(36-31(35)22-24(3)4)27(7)28(8)33(30)37-34/h22-23,25-26H,11-21H2,1-10H3. The molecule has 1 heterocycles. The summed E-state index contributed by atoms with van der Waals surface area (Å²) >= 11 is 0. The highest BCUT2D eigenvalue weighted by atomic mass is 16.5. The topological polar surface area (TPSA) is 35.5 Å². The highest BCUT2D eigenvalue weighted by molar-refractivity contribution is 5.85. The fraction of sp³-hybridized carbons (Fsp3) is 0.735. The summed E-state index contributed by atoms with van der Waals surface area (Å²) in [6, 6.07) is 0. The first-order valence-corrected chi connectivity index (χ1v) is 15.0. The summed E-state index contributed by atoms with van der Waals surface area (Å²) in [6.45, 7) is 21.8. The molecule has 0 spiro atoms. The molecule has 0 aromatic heterocycles. The second-order valence-corrected chi connectivity index (χ2v) is 13.1. The van der Waals surface area contributed by atoms with E-state index in [0.717, 1.165) is 65.0 Å². The molecule has 0 amide bonds. The molecule has 37 heavy (non-hydrogen) atoms. The quantitative estimate of drug-likeness (QED) is 0.141. The number of ether oxygens (including phenoxy) is 2. The van der Waals surface area contributed by atoms with Crippen molar-refractivity contribution in [1.29, 1.82) is 0 Å². The van der Waals surface area contributed by atoms with Gasteiger partial charge in [0.05, 0.1) is 0 Å². The van der Waals surface area contributed by atoms with Gasteiger partial charge in [-0.15, -0.1) is 0 Å². The van der Waals surface area contributed by atoms with Crippen LogP contribution in [0.4, 0.5) is 0 Å². The number of rotatable bonds is 14. The monoisotopic (exact) mass is 512 g/mol. The maximum atomic E-state index is 12.3. The minimum Gasteiger partial charge on any atom is -0.487 e. The van der Waals surface area contributed by atoms with E-state index in [9.17, 15) is 4.79 Å². The average Bonchev–Trinajstić information content (AvgIpc) is 2.79. The van der Waals surface area contributed by atoms with E-state index in [1.165, 1.54) is 56.9 Å². The van der Waals surface area contributed by atoms with Crippen molar-refractivity contribution < 1.29 is 14.3 Å². The van der Waals surface area contributed by atoms with Gasteiger partial charge in [-0.3, -0.25) is 0 Å². The lowest BCUT2D eigenvalue weighted by Crippen LogP contribution is -2.37. The molecule has 3 unspecified atom stereocenters. The van der Waals surface area contributed by atoms with Gasteiger partial charge < -0.3 is 9.47 Å². The van der Waals surface area contributed by atoms with Gasteiger partial charge in [0.2, 0.25) is 0 Å². The fourth-order valence-corrected chi connectivity index (χ4v) is 5.78. The van der Waals surface area contributed by atoms with E-state index in [1.807, 2.05) is 20.8 Å². The summed E-state index contributed by atoms with van der Waals surface area (Å²) in [6.07, 6.45) is 15.4. The van der Waals surface area contributed by atoms with Crippen molar-refractivity contribution in [1.82, 2.24) is 0 Å². The van der Waals surface area contributed by atoms with Crippen LogP contribution in [0.2, 0.25) is 0 Å². The van der Waals surface area contributed by atoms with Gasteiger partial charge >= 0.3 is 5.97 Å². The molecule has 0 bridgehead atoms. The Morgan fingerprint density at radius 2 is 1.46 bits per heavy atom. The molecule has 3 nitrogen and oxygen atoms in total. The second-order valence-electron chi connectivity index (χ2n) is 13.1. The van der Waals surface area contributed by atoms with E-state index < -0.39 is 0 Å². The van der Waals surface area contributed by atoms with Crippen LogP contribution in [-0.4, -0.2) is 11.6 Å². The van der Waals surface area contributed by atoms with Gasteiger partial charge in [0.25, 0.3) is 0 Å². The normalized spacial score (nSPS) is 18.7. The molecule has 0 saturated carbocycles. The van der Waals surface area contributed by atoms with Gasteiger partial charge in [-0.1, -0.05) is 78.2 Å². The van der Waals surface area contributed by atoms with E-state index in [0.29, 0.717) is 5.75 Å². The lowest BCUT2D eigenvalue weighted by Gasteiger charge is -2.38. The number of fused-ring (bicyclic) bond motifs is 1. The van der Waals surface area contributed by atoms with Crippen molar-refractivity contribution in [3.8, 4) is 11.5 Å². The van der Waals surface area contributed by atoms with Gasteiger partial charge in [0, 0.05) is 11.6 Å². The van der Waals surface area contributed by atoms with E-state index in [1.54, 1.807) is 6.08 Å². The van der Waals surface area contributed by atoms with Gasteiger partial charge in [0.15, 0.2) is 0 Å². The zero-order valence-electron chi connectivity index (χ0n) is 25.8. The minimum atomic E-state index is -0.304. The Morgan fingerprint density at radius 1 is 0.892 bits per heavy atom. The van der Waals surface area contributed by atoms with Crippen molar-refractivity contribution in [3.63, 3.8) is 0 Å². The first-order chi connectivity index (χ1) is 17.3. The van der Waals surface area contributed by atoms with E-state index in [4.69, 9.17) is 9.47 Å². The number of carbonyl (C=O) groups is 1. The maximum Gasteiger partial charge on any atom is 0.336 e. The van der Waals surface area contributed by atoms with Crippen LogP contribution in [0.15, 0.2) is 11.6 Å². The van der Waals surface area contributed by atoms with E-state index in [2.05, 4.69) is 48.5 Å². The van der Waals surface area contributed by atoms with E-state index >= 15 is 0 Å². The van der Waals surface area contributed by atoms with Gasteiger partial charge in [-0.2, -0.15) is 0 Å². The smallest absolute Gasteiger partial charge is 0.336 e. The Labute approximate surface area is 228 Å². The fourth-order valence-electron chi connectivity index (χ4n) is 5.78. The Balaban J connectivity index is 1.88. The molecule has 3 heteroatoms. The second kappa shape index (κ2) is 14.4.